The number of aliphatic imine (C=N–C) groups is 1. The summed E-state index contributed by atoms with van der Waals surface area (Å²) in [5, 5.41) is 21.5. The second kappa shape index (κ2) is 5.01. The zero-order valence-corrected chi connectivity index (χ0v) is 10.6. The number of aromatic nitrogens is 1. The molecule has 0 atom stereocenters. The highest BCUT2D eigenvalue weighted by Gasteiger charge is 2.05. The Morgan fingerprint density at radius 3 is 2.60 bits per heavy atom. The molecule has 0 aliphatic heterocycles. The molecule has 3 rings (SSSR count). The van der Waals surface area contributed by atoms with Crippen LogP contribution >= 0.6 is 0 Å². The summed E-state index contributed by atoms with van der Waals surface area (Å²) in [6, 6.07) is 14.3. The van der Waals surface area contributed by atoms with Crippen LogP contribution in [0.1, 0.15) is 5.56 Å². The summed E-state index contributed by atoms with van der Waals surface area (Å²) in [6.07, 6.45) is 3.06. The quantitative estimate of drug-likeness (QED) is 0.697. The summed E-state index contributed by atoms with van der Waals surface area (Å²) in [5.41, 5.74) is 0.605. The molecular weight excluding hydrogens is 252 g/mol. The van der Waals surface area contributed by atoms with Gasteiger partial charge in [-0.1, -0.05) is 30.3 Å². The lowest BCUT2D eigenvalue weighted by molar-refractivity contribution is 0.473. The maximum absolute atomic E-state index is 9.98. The first kappa shape index (κ1) is 12.2. The van der Waals surface area contributed by atoms with Crippen LogP contribution < -0.4 is 0 Å². The van der Waals surface area contributed by atoms with Gasteiger partial charge in [0.25, 0.3) is 0 Å². The molecule has 2 aromatic carbocycles. The van der Waals surface area contributed by atoms with Gasteiger partial charge in [0.2, 0.25) is 0 Å². The number of benzene rings is 2. The van der Waals surface area contributed by atoms with Crippen LogP contribution in [-0.4, -0.2) is 21.4 Å². The molecule has 1 aromatic heterocycles. The van der Waals surface area contributed by atoms with Gasteiger partial charge < -0.3 is 10.2 Å². The van der Waals surface area contributed by atoms with Crippen molar-refractivity contribution >= 4 is 22.8 Å². The first-order chi connectivity index (χ1) is 9.75. The molecule has 0 aliphatic rings. The number of phenols is 1. The molecule has 20 heavy (non-hydrogen) atoms. The van der Waals surface area contributed by atoms with Gasteiger partial charge in [0.05, 0.1) is 0 Å². The van der Waals surface area contributed by atoms with E-state index in [-0.39, 0.29) is 17.3 Å². The average molecular weight is 264 g/mol. The number of pyridine rings is 1. The van der Waals surface area contributed by atoms with Crippen molar-refractivity contribution in [2.24, 2.45) is 4.99 Å². The summed E-state index contributed by atoms with van der Waals surface area (Å²) >= 11 is 0. The average Bonchev–Trinajstić information content (AvgIpc) is 2.48. The standard InChI is InChI=1S/C16H12N2O2/c19-14-8-7-11-4-1-2-5-12(11)13(14)10-18-16-15(20)6-3-9-17-16/h1-10,19-20H. The van der Waals surface area contributed by atoms with Crippen LogP contribution in [0.3, 0.4) is 0 Å². The van der Waals surface area contributed by atoms with E-state index in [1.165, 1.54) is 12.3 Å². The first-order valence-electron chi connectivity index (χ1n) is 6.14. The zero-order valence-electron chi connectivity index (χ0n) is 10.6. The highest BCUT2D eigenvalue weighted by molar-refractivity contribution is 6.02. The Morgan fingerprint density at radius 2 is 1.75 bits per heavy atom. The van der Waals surface area contributed by atoms with Gasteiger partial charge in [-0.3, -0.25) is 0 Å². The summed E-state index contributed by atoms with van der Waals surface area (Å²) in [6.45, 7) is 0. The summed E-state index contributed by atoms with van der Waals surface area (Å²) in [4.78, 5) is 8.11. The monoisotopic (exact) mass is 264 g/mol. The summed E-state index contributed by atoms with van der Waals surface area (Å²) in [5.74, 6) is 0.367. The maximum Gasteiger partial charge on any atom is 0.194 e. The molecule has 0 saturated heterocycles. The van der Waals surface area contributed by atoms with Crippen molar-refractivity contribution in [3.63, 3.8) is 0 Å². The molecule has 0 saturated carbocycles. The van der Waals surface area contributed by atoms with Crippen molar-refractivity contribution in [2.45, 2.75) is 0 Å². The van der Waals surface area contributed by atoms with Crippen molar-refractivity contribution in [1.82, 2.24) is 4.98 Å². The fourth-order valence-electron chi connectivity index (χ4n) is 2.03. The van der Waals surface area contributed by atoms with Gasteiger partial charge in [-0.15, -0.1) is 0 Å². The van der Waals surface area contributed by atoms with Crippen LogP contribution in [0.25, 0.3) is 10.8 Å². The van der Waals surface area contributed by atoms with Gasteiger partial charge in [-0.25, -0.2) is 9.98 Å². The Bertz CT molecular complexity index is 797. The third-order valence-electron chi connectivity index (χ3n) is 3.03. The molecule has 3 aromatic rings. The fourth-order valence-corrected chi connectivity index (χ4v) is 2.03. The Kier molecular flexibility index (Phi) is 3.05. The van der Waals surface area contributed by atoms with E-state index in [0.717, 1.165) is 10.8 Å². The van der Waals surface area contributed by atoms with Crippen LogP contribution in [-0.2, 0) is 0 Å². The van der Waals surface area contributed by atoms with Crippen LogP contribution in [0, 0.1) is 0 Å². The van der Waals surface area contributed by atoms with Crippen LogP contribution in [0.15, 0.2) is 59.7 Å². The summed E-state index contributed by atoms with van der Waals surface area (Å²) < 4.78 is 0. The van der Waals surface area contributed by atoms with Crippen molar-refractivity contribution < 1.29 is 10.2 Å². The third kappa shape index (κ3) is 2.19. The van der Waals surface area contributed by atoms with E-state index in [9.17, 15) is 10.2 Å². The topological polar surface area (TPSA) is 65.7 Å². The Balaban J connectivity index is 2.11. The molecular formula is C16H12N2O2. The van der Waals surface area contributed by atoms with Gasteiger partial charge in [-0.2, -0.15) is 0 Å². The van der Waals surface area contributed by atoms with Crippen molar-refractivity contribution in [2.75, 3.05) is 0 Å². The largest absolute Gasteiger partial charge is 0.507 e. The zero-order chi connectivity index (χ0) is 13.9. The van der Waals surface area contributed by atoms with E-state index in [2.05, 4.69) is 9.98 Å². The molecule has 0 unspecified atom stereocenters. The molecule has 0 radical (unpaired) electrons. The molecule has 0 spiro atoms. The number of fused-ring (bicyclic) bond motifs is 1. The number of hydrogen-bond donors (Lipinski definition) is 2. The molecule has 0 fully saturated rings. The van der Waals surface area contributed by atoms with Gasteiger partial charge >= 0.3 is 0 Å². The lowest BCUT2D eigenvalue weighted by Crippen LogP contribution is -1.86. The Labute approximate surface area is 115 Å². The SMILES string of the molecule is Oc1cccnc1N=Cc1c(O)ccc2ccccc12. The van der Waals surface area contributed by atoms with Gasteiger partial charge in [0, 0.05) is 18.0 Å². The number of nitrogens with zero attached hydrogens (tertiary/aromatic N) is 2. The molecule has 1 heterocycles. The van der Waals surface area contributed by atoms with Crippen LogP contribution in [0.4, 0.5) is 5.82 Å². The minimum atomic E-state index is 0.00322. The van der Waals surface area contributed by atoms with Crippen molar-refractivity contribution in [3.8, 4) is 11.5 Å². The molecule has 2 N–H and O–H groups in total. The summed E-state index contributed by atoms with van der Waals surface area (Å²) in [7, 11) is 0. The molecule has 0 bridgehead atoms. The predicted octanol–water partition coefficient (Wildman–Crippen LogP) is 3.40. The third-order valence-corrected chi connectivity index (χ3v) is 3.03. The van der Waals surface area contributed by atoms with Crippen LogP contribution in [0.2, 0.25) is 0 Å². The van der Waals surface area contributed by atoms with Crippen molar-refractivity contribution in [1.29, 1.82) is 0 Å². The van der Waals surface area contributed by atoms with Gasteiger partial charge in [0.1, 0.15) is 5.75 Å². The van der Waals surface area contributed by atoms with E-state index in [1.54, 1.807) is 18.3 Å². The van der Waals surface area contributed by atoms with Crippen LogP contribution in [0.5, 0.6) is 11.5 Å². The molecule has 4 nitrogen and oxygen atoms in total. The number of aromatic hydroxyl groups is 2. The normalized spacial score (nSPS) is 11.2. The van der Waals surface area contributed by atoms with E-state index >= 15 is 0 Å². The Hall–Kier alpha value is -2.88. The molecule has 0 amide bonds. The lowest BCUT2D eigenvalue weighted by Gasteiger charge is -2.04. The molecule has 0 aliphatic carbocycles. The Morgan fingerprint density at radius 1 is 0.900 bits per heavy atom. The highest BCUT2D eigenvalue weighted by atomic mass is 16.3. The minimum absolute atomic E-state index is 0.00322. The number of rotatable bonds is 2. The van der Waals surface area contributed by atoms with E-state index in [0.29, 0.717) is 5.56 Å². The second-order valence-corrected chi connectivity index (χ2v) is 4.32. The van der Waals surface area contributed by atoms with E-state index in [1.807, 2.05) is 30.3 Å². The maximum atomic E-state index is 9.98. The fraction of sp³-hybridized carbons (Fsp3) is 0. The predicted molar refractivity (Wildman–Crippen MR) is 78.8 cm³/mol. The van der Waals surface area contributed by atoms with Crippen molar-refractivity contribution in [3.05, 3.63) is 60.3 Å². The van der Waals surface area contributed by atoms with E-state index < -0.39 is 0 Å². The minimum Gasteiger partial charge on any atom is -0.507 e. The van der Waals surface area contributed by atoms with Gasteiger partial charge in [-0.05, 0) is 29.0 Å². The second-order valence-electron chi connectivity index (χ2n) is 4.32. The smallest absolute Gasteiger partial charge is 0.194 e. The number of phenolic OH excluding ortho intramolecular Hbond substituents is 1. The first-order valence-corrected chi connectivity index (χ1v) is 6.14. The molecule has 4 heteroatoms. The number of hydrogen-bond acceptors (Lipinski definition) is 4. The molecule has 98 valence electrons. The highest BCUT2D eigenvalue weighted by Crippen LogP contribution is 2.27. The van der Waals surface area contributed by atoms with E-state index in [4.69, 9.17) is 0 Å². The van der Waals surface area contributed by atoms with Gasteiger partial charge in [0.15, 0.2) is 11.6 Å². The lowest BCUT2D eigenvalue weighted by atomic mass is 10.0.